The lowest BCUT2D eigenvalue weighted by Gasteiger charge is -1.91. The first-order chi connectivity index (χ1) is 4.09. The van der Waals surface area contributed by atoms with Crippen molar-refractivity contribution in [1.82, 2.24) is 0 Å². The summed E-state index contributed by atoms with van der Waals surface area (Å²) in [7, 11) is 0. The second-order valence-electron chi connectivity index (χ2n) is 1.16. The number of hydrogen-bond donors (Lipinski definition) is 2. The van der Waals surface area contributed by atoms with E-state index in [0.717, 1.165) is 6.20 Å². The van der Waals surface area contributed by atoms with E-state index in [4.69, 9.17) is 10.8 Å². The van der Waals surface area contributed by atoms with Gasteiger partial charge in [-0.1, -0.05) is 12.2 Å². The van der Waals surface area contributed by atoms with Crippen LogP contribution in [-0.2, 0) is 4.79 Å². The molecule has 0 aliphatic rings. The standard InChI is InChI=1S/C4H4BrNO2S/c5-3(9)2(1-6)4(7)8/h1H,6H2,(H,7,8). The molecule has 0 radical (unpaired) electrons. The maximum atomic E-state index is 10.1. The third-order valence-corrected chi connectivity index (χ3v) is 1.26. The summed E-state index contributed by atoms with van der Waals surface area (Å²) in [5.41, 5.74) is 4.82. The molecule has 3 N–H and O–H groups in total. The first-order valence-electron chi connectivity index (χ1n) is 1.94. The van der Waals surface area contributed by atoms with Gasteiger partial charge < -0.3 is 10.8 Å². The molecule has 0 heterocycles. The van der Waals surface area contributed by atoms with Crippen molar-refractivity contribution in [2.24, 2.45) is 5.73 Å². The van der Waals surface area contributed by atoms with E-state index in [1.165, 1.54) is 0 Å². The molecule has 0 unspecified atom stereocenters. The number of carboxylic acid groups (broad SMARTS) is 1. The Kier molecular flexibility index (Phi) is 3.41. The SMILES string of the molecule is NC=C(C(=O)O)C(=S)Br. The maximum Gasteiger partial charge on any atom is 0.339 e. The molecule has 0 aromatic rings. The van der Waals surface area contributed by atoms with Crippen LogP contribution in [0.2, 0.25) is 0 Å². The number of aliphatic carboxylic acids is 1. The van der Waals surface area contributed by atoms with Gasteiger partial charge in [0, 0.05) is 6.20 Å². The number of nitrogens with two attached hydrogens (primary N) is 1. The Morgan fingerprint density at radius 3 is 2.22 bits per heavy atom. The van der Waals surface area contributed by atoms with Gasteiger partial charge in [0.1, 0.15) is 0 Å². The summed E-state index contributed by atoms with van der Waals surface area (Å²) >= 11 is 7.28. The summed E-state index contributed by atoms with van der Waals surface area (Å²) in [6.07, 6.45) is 0.944. The molecule has 0 aliphatic heterocycles. The van der Waals surface area contributed by atoms with E-state index in [0.29, 0.717) is 0 Å². The number of carboxylic acids is 1. The lowest BCUT2D eigenvalue weighted by molar-refractivity contribution is -0.132. The van der Waals surface area contributed by atoms with Gasteiger partial charge >= 0.3 is 5.97 Å². The monoisotopic (exact) mass is 209 g/mol. The van der Waals surface area contributed by atoms with Crippen LogP contribution in [0.15, 0.2) is 11.8 Å². The molecule has 50 valence electrons. The minimum atomic E-state index is -1.13. The zero-order chi connectivity index (χ0) is 7.44. The van der Waals surface area contributed by atoms with Crippen LogP contribution in [0.4, 0.5) is 0 Å². The van der Waals surface area contributed by atoms with Crippen LogP contribution in [0.5, 0.6) is 0 Å². The quantitative estimate of drug-likeness (QED) is 0.398. The molecule has 0 saturated carbocycles. The summed E-state index contributed by atoms with van der Waals surface area (Å²) in [6.45, 7) is 0. The lowest BCUT2D eigenvalue weighted by atomic mass is 10.3. The van der Waals surface area contributed by atoms with Crippen LogP contribution in [0, 0.1) is 0 Å². The van der Waals surface area contributed by atoms with E-state index < -0.39 is 5.97 Å². The highest BCUT2D eigenvalue weighted by Gasteiger charge is 2.08. The summed E-state index contributed by atoms with van der Waals surface area (Å²) in [6, 6.07) is 0. The average molecular weight is 210 g/mol. The third kappa shape index (κ3) is 2.57. The second-order valence-corrected chi connectivity index (χ2v) is 2.89. The molecule has 0 fully saturated rings. The van der Waals surface area contributed by atoms with E-state index in [1.54, 1.807) is 0 Å². The molecule has 0 rings (SSSR count). The maximum absolute atomic E-state index is 10.1. The van der Waals surface area contributed by atoms with E-state index in [2.05, 4.69) is 28.1 Å². The van der Waals surface area contributed by atoms with Crippen molar-refractivity contribution < 1.29 is 9.90 Å². The Morgan fingerprint density at radius 2 is 2.22 bits per heavy atom. The molecule has 3 nitrogen and oxygen atoms in total. The van der Waals surface area contributed by atoms with Crippen molar-refractivity contribution >= 4 is 37.9 Å². The first kappa shape index (κ1) is 8.58. The Balaban J connectivity index is 4.38. The van der Waals surface area contributed by atoms with Gasteiger partial charge in [0.15, 0.2) is 0 Å². The number of hydrogen-bond acceptors (Lipinski definition) is 3. The highest BCUT2D eigenvalue weighted by Crippen LogP contribution is 2.02. The van der Waals surface area contributed by atoms with E-state index in [9.17, 15) is 4.79 Å². The fraction of sp³-hybridized carbons (Fsp3) is 0. The van der Waals surface area contributed by atoms with Crippen molar-refractivity contribution in [2.45, 2.75) is 0 Å². The van der Waals surface area contributed by atoms with Gasteiger partial charge in [0.2, 0.25) is 0 Å². The number of rotatable bonds is 2. The number of thiocarbonyl (C=S) groups is 1. The second kappa shape index (κ2) is 3.58. The fourth-order valence-electron chi connectivity index (χ4n) is 0.221. The predicted octanol–water partition coefficient (Wildman–Crippen LogP) is 0.636. The minimum Gasteiger partial charge on any atom is -0.478 e. The number of carbonyl (C=O) groups is 1. The van der Waals surface area contributed by atoms with E-state index in [-0.39, 0.29) is 9.35 Å². The average Bonchev–Trinajstić information content (AvgIpc) is 1.64. The summed E-state index contributed by atoms with van der Waals surface area (Å²) in [5, 5.41) is 8.28. The van der Waals surface area contributed by atoms with Crippen molar-refractivity contribution in [1.29, 1.82) is 0 Å². The molecule has 9 heavy (non-hydrogen) atoms. The van der Waals surface area contributed by atoms with Crippen LogP contribution >= 0.6 is 28.1 Å². The Morgan fingerprint density at radius 1 is 1.78 bits per heavy atom. The topological polar surface area (TPSA) is 63.3 Å². The molecule has 0 aromatic carbocycles. The lowest BCUT2D eigenvalue weighted by Crippen LogP contribution is -2.07. The molecular formula is C4H4BrNO2S. The first-order valence-corrected chi connectivity index (χ1v) is 3.14. The molecule has 5 heteroatoms. The van der Waals surface area contributed by atoms with E-state index in [1.807, 2.05) is 0 Å². The van der Waals surface area contributed by atoms with Gasteiger partial charge in [-0.25, -0.2) is 4.79 Å². The van der Waals surface area contributed by atoms with Crippen molar-refractivity contribution in [3.8, 4) is 0 Å². The zero-order valence-corrected chi connectivity index (χ0v) is 6.70. The van der Waals surface area contributed by atoms with Crippen molar-refractivity contribution in [2.75, 3.05) is 0 Å². The van der Waals surface area contributed by atoms with Crippen molar-refractivity contribution in [3.63, 3.8) is 0 Å². The highest BCUT2D eigenvalue weighted by molar-refractivity contribution is 9.20. The van der Waals surface area contributed by atoms with Crippen LogP contribution in [-0.4, -0.2) is 14.8 Å². The highest BCUT2D eigenvalue weighted by atomic mass is 79.9. The molecular weight excluding hydrogens is 206 g/mol. The van der Waals surface area contributed by atoms with Gasteiger partial charge in [-0.15, -0.1) is 0 Å². The van der Waals surface area contributed by atoms with Gasteiger partial charge in [-0.05, 0) is 15.9 Å². The molecule has 0 bridgehead atoms. The van der Waals surface area contributed by atoms with Gasteiger partial charge in [0.05, 0.1) is 9.35 Å². The predicted molar refractivity (Wildman–Crippen MR) is 41.4 cm³/mol. The van der Waals surface area contributed by atoms with Gasteiger partial charge in [-0.2, -0.15) is 0 Å². The van der Waals surface area contributed by atoms with Crippen LogP contribution in [0.1, 0.15) is 0 Å². The molecule has 0 spiro atoms. The molecule has 0 saturated heterocycles. The van der Waals surface area contributed by atoms with Crippen molar-refractivity contribution in [3.05, 3.63) is 11.8 Å². The summed E-state index contributed by atoms with van der Waals surface area (Å²) < 4.78 is 0.109. The minimum absolute atomic E-state index is 0.0926. The Bertz CT molecular complexity index is 161. The Hall–Kier alpha value is -0.420. The summed E-state index contributed by atoms with van der Waals surface area (Å²) in [4.78, 5) is 10.1. The summed E-state index contributed by atoms with van der Waals surface area (Å²) in [5.74, 6) is -1.13. The third-order valence-electron chi connectivity index (χ3n) is 0.609. The van der Waals surface area contributed by atoms with E-state index >= 15 is 0 Å². The Labute approximate surface area is 65.7 Å². The van der Waals surface area contributed by atoms with Crippen LogP contribution in [0.3, 0.4) is 0 Å². The van der Waals surface area contributed by atoms with Gasteiger partial charge in [-0.3, -0.25) is 0 Å². The van der Waals surface area contributed by atoms with Crippen LogP contribution < -0.4 is 5.73 Å². The van der Waals surface area contributed by atoms with Crippen LogP contribution in [0.25, 0.3) is 0 Å². The molecule has 0 aromatic heterocycles. The normalized spacial score (nSPS) is 11.0. The smallest absolute Gasteiger partial charge is 0.339 e. The van der Waals surface area contributed by atoms with Gasteiger partial charge in [0.25, 0.3) is 0 Å². The molecule has 0 atom stereocenters. The number of halogens is 1. The largest absolute Gasteiger partial charge is 0.478 e. The zero-order valence-electron chi connectivity index (χ0n) is 4.30. The molecule has 0 amide bonds. The fourth-order valence-corrected chi connectivity index (χ4v) is 0.678. The molecule has 0 aliphatic carbocycles.